The van der Waals surface area contributed by atoms with Crippen LogP contribution in [-0.4, -0.2) is 58.5 Å². The Bertz CT molecular complexity index is 1720. The minimum atomic E-state index is -4.58. The third kappa shape index (κ3) is 6.58. The van der Waals surface area contributed by atoms with Gasteiger partial charge in [0.1, 0.15) is 6.33 Å². The van der Waals surface area contributed by atoms with Crippen LogP contribution in [0.5, 0.6) is 0 Å². The summed E-state index contributed by atoms with van der Waals surface area (Å²) in [4.78, 5) is 21.6. The number of benzene rings is 3. The Morgan fingerprint density at radius 3 is 2.51 bits per heavy atom. The number of hydrogen-bond donors (Lipinski definition) is 1. The van der Waals surface area contributed by atoms with E-state index in [1.165, 1.54) is 24.3 Å². The molecule has 0 saturated carbocycles. The highest BCUT2D eigenvalue weighted by Crippen LogP contribution is 2.34. The monoisotopic (exact) mass is 556 g/mol. The molecule has 0 spiro atoms. The first-order valence-corrected chi connectivity index (χ1v) is 13.0. The summed E-state index contributed by atoms with van der Waals surface area (Å²) in [5.41, 5.74) is 2.77. The van der Waals surface area contributed by atoms with Crippen LogP contribution in [0.1, 0.15) is 38.2 Å². The third-order valence-corrected chi connectivity index (χ3v) is 7.01. The van der Waals surface area contributed by atoms with Crippen molar-refractivity contribution in [3.63, 3.8) is 0 Å². The Hall–Kier alpha value is -4.64. The molecule has 1 aliphatic heterocycles. The van der Waals surface area contributed by atoms with Crippen molar-refractivity contribution in [1.82, 2.24) is 19.4 Å². The fraction of sp³-hybridized carbons (Fsp3) is 0.258. The van der Waals surface area contributed by atoms with Crippen LogP contribution in [0.25, 0.3) is 11.0 Å². The Morgan fingerprint density at radius 2 is 1.78 bits per heavy atom. The number of aryl methyl sites for hydroxylation is 1. The average Bonchev–Trinajstić information content (AvgIpc) is 3.35. The van der Waals surface area contributed by atoms with Crippen molar-refractivity contribution in [2.75, 3.05) is 38.5 Å². The second-order valence-electron chi connectivity index (χ2n) is 10.2. The number of alkyl halides is 3. The SMILES string of the molecule is Cc1ccc2c(c1)ncn2C#Cc1cc(C#N)cc(C(=O)Nc2ccc(CN3CCN(C)CC3)c(C(F)(F)F)c2)c1. The number of nitriles is 1. The Morgan fingerprint density at radius 1 is 1.02 bits per heavy atom. The van der Waals surface area contributed by atoms with Gasteiger partial charge in [0.15, 0.2) is 0 Å². The van der Waals surface area contributed by atoms with Gasteiger partial charge in [0.25, 0.3) is 5.91 Å². The first-order valence-electron chi connectivity index (χ1n) is 13.0. The summed E-state index contributed by atoms with van der Waals surface area (Å²) in [5, 5.41) is 12.1. The number of nitrogens with zero attached hydrogens (tertiary/aromatic N) is 5. The van der Waals surface area contributed by atoms with Crippen molar-refractivity contribution in [2.45, 2.75) is 19.6 Å². The van der Waals surface area contributed by atoms with Gasteiger partial charge < -0.3 is 10.2 Å². The summed E-state index contributed by atoms with van der Waals surface area (Å²) in [5.74, 6) is 2.31. The lowest BCUT2D eigenvalue weighted by molar-refractivity contribution is -0.138. The minimum absolute atomic E-state index is 0.0135. The topological polar surface area (TPSA) is 77.2 Å². The molecule has 1 aliphatic rings. The molecule has 1 N–H and O–H groups in total. The van der Waals surface area contributed by atoms with E-state index in [0.29, 0.717) is 18.7 Å². The molecular weight excluding hydrogens is 529 g/mol. The van der Waals surface area contributed by atoms with Crippen LogP contribution in [0.4, 0.5) is 18.9 Å². The van der Waals surface area contributed by atoms with Gasteiger partial charge in [-0.15, -0.1) is 0 Å². The number of piperazine rings is 1. The van der Waals surface area contributed by atoms with Crippen molar-refractivity contribution in [2.24, 2.45) is 0 Å². The summed E-state index contributed by atoms with van der Waals surface area (Å²) in [7, 11) is 1.99. The first kappa shape index (κ1) is 27.9. The summed E-state index contributed by atoms with van der Waals surface area (Å²) >= 11 is 0. The van der Waals surface area contributed by atoms with Crippen LogP contribution >= 0.6 is 0 Å². The maximum atomic E-state index is 14.0. The van der Waals surface area contributed by atoms with Crippen molar-refractivity contribution >= 4 is 22.6 Å². The molecule has 5 rings (SSSR count). The smallest absolute Gasteiger partial charge is 0.322 e. The molecule has 2 heterocycles. The number of fused-ring (bicyclic) bond motifs is 1. The van der Waals surface area contributed by atoms with Gasteiger partial charge >= 0.3 is 6.18 Å². The second kappa shape index (κ2) is 11.5. The molecule has 0 aliphatic carbocycles. The molecule has 0 bridgehead atoms. The highest BCUT2D eigenvalue weighted by atomic mass is 19.4. The molecule has 41 heavy (non-hydrogen) atoms. The quantitative estimate of drug-likeness (QED) is 0.355. The van der Waals surface area contributed by atoms with Gasteiger partial charge in [-0.3, -0.25) is 14.3 Å². The van der Waals surface area contributed by atoms with Crippen molar-refractivity contribution in [3.8, 4) is 18.0 Å². The van der Waals surface area contributed by atoms with Gasteiger partial charge in [-0.1, -0.05) is 12.1 Å². The van der Waals surface area contributed by atoms with Gasteiger partial charge in [-0.05, 0) is 73.5 Å². The fourth-order valence-electron chi connectivity index (χ4n) is 4.74. The standard InChI is InChI=1S/C31H27F3N6O/c1-21-3-6-29-28(13-21)36-20-40(29)8-7-22-14-23(18-35)16-25(15-22)30(41)37-26-5-4-24(27(17-26)31(32,33)34)19-39-11-9-38(2)10-12-39/h3-6,13-17,20H,9-12,19H2,1-2H3,(H,37,41). The summed E-state index contributed by atoms with van der Waals surface area (Å²) in [6.45, 7) is 5.10. The highest BCUT2D eigenvalue weighted by molar-refractivity contribution is 6.04. The van der Waals surface area contributed by atoms with Gasteiger partial charge in [0, 0.05) is 55.6 Å². The van der Waals surface area contributed by atoms with Crippen molar-refractivity contribution in [1.29, 1.82) is 5.26 Å². The molecule has 7 nitrogen and oxygen atoms in total. The number of amides is 1. The maximum Gasteiger partial charge on any atom is 0.416 e. The molecule has 0 unspecified atom stereocenters. The van der Waals surface area contributed by atoms with Crippen LogP contribution in [0.15, 0.2) is 60.9 Å². The van der Waals surface area contributed by atoms with E-state index in [1.54, 1.807) is 17.0 Å². The molecular formula is C31H27F3N6O. The predicted octanol–water partition coefficient (Wildman–Crippen LogP) is 5.09. The van der Waals surface area contributed by atoms with Crippen LogP contribution in [0.3, 0.4) is 0 Å². The van der Waals surface area contributed by atoms with Crippen LogP contribution < -0.4 is 5.32 Å². The number of anilines is 1. The van der Waals surface area contributed by atoms with E-state index in [9.17, 15) is 23.2 Å². The van der Waals surface area contributed by atoms with Gasteiger partial charge in [0.2, 0.25) is 0 Å². The summed E-state index contributed by atoms with van der Waals surface area (Å²) in [6, 6.07) is 19.0. The lowest BCUT2D eigenvalue weighted by atomic mass is 10.0. The molecule has 1 fully saturated rings. The maximum absolute atomic E-state index is 14.0. The zero-order valence-corrected chi connectivity index (χ0v) is 22.6. The Labute approximate surface area is 235 Å². The number of nitrogens with one attached hydrogen (secondary N) is 1. The second-order valence-corrected chi connectivity index (χ2v) is 10.2. The zero-order valence-electron chi connectivity index (χ0n) is 22.6. The number of carbonyl (C=O) groups excluding carboxylic acids is 1. The van der Waals surface area contributed by atoms with E-state index in [4.69, 9.17) is 0 Å². The number of likely N-dealkylation sites (N-methyl/N-ethyl adjacent to an activating group) is 1. The zero-order chi connectivity index (χ0) is 29.1. The fourth-order valence-corrected chi connectivity index (χ4v) is 4.74. The number of rotatable bonds is 4. The van der Waals surface area contributed by atoms with Gasteiger partial charge in [-0.25, -0.2) is 4.98 Å². The molecule has 4 aromatic rings. The third-order valence-electron chi connectivity index (χ3n) is 7.01. The van der Waals surface area contributed by atoms with Crippen LogP contribution in [0.2, 0.25) is 0 Å². The average molecular weight is 557 g/mol. The Kier molecular flexibility index (Phi) is 7.80. The number of hydrogen-bond acceptors (Lipinski definition) is 5. The van der Waals surface area contributed by atoms with Gasteiger partial charge in [-0.2, -0.15) is 18.4 Å². The molecule has 10 heteroatoms. The molecule has 1 amide bonds. The van der Waals surface area contributed by atoms with E-state index in [-0.39, 0.29) is 28.9 Å². The molecule has 0 radical (unpaired) electrons. The normalized spacial score (nSPS) is 14.3. The van der Waals surface area contributed by atoms with E-state index in [0.717, 1.165) is 35.8 Å². The summed E-state index contributed by atoms with van der Waals surface area (Å²) < 4.78 is 43.6. The van der Waals surface area contributed by atoms with Crippen molar-refractivity contribution < 1.29 is 18.0 Å². The first-order chi connectivity index (χ1) is 19.6. The van der Waals surface area contributed by atoms with Crippen molar-refractivity contribution in [3.05, 3.63) is 94.3 Å². The molecule has 0 atom stereocenters. The minimum Gasteiger partial charge on any atom is -0.322 e. The Balaban J connectivity index is 1.38. The molecule has 1 saturated heterocycles. The largest absolute Gasteiger partial charge is 0.416 e. The number of carbonyl (C=O) groups is 1. The summed E-state index contributed by atoms with van der Waals surface area (Å²) in [6.07, 6.45) is -2.99. The number of aromatic nitrogens is 2. The lowest BCUT2D eigenvalue weighted by Gasteiger charge is -2.33. The van der Waals surface area contributed by atoms with E-state index < -0.39 is 17.6 Å². The van der Waals surface area contributed by atoms with Crippen LogP contribution in [-0.2, 0) is 12.7 Å². The highest BCUT2D eigenvalue weighted by Gasteiger charge is 2.34. The predicted molar refractivity (Wildman–Crippen MR) is 150 cm³/mol. The van der Waals surface area contributed by atoms with Gasteiger partial charge in [0.05, 0.1) is 28.2 Å². The molecule has 208 valence electrons. The van der Waals surface area contributed by atoms with Crippen LogP contribution in [0, 0.1) is 30.2 Å². The lowest BCUT2D eigenvalue weighted by Crippen LogP contribution is -2.44. The van der Waals surface area contributed by atoms with E-state index in [1.807, 2.05) is 43.1 Å². The van der Waals surface area contributed by atoms with E-state index >= 15 is 0 Å². The molecule has 3 aromatic carbocycles. The number of imidazole rings is 1. The van der Waals surface area contributed by atoms with E-state index in [2.05, 4.69) is 27.2 Å². The number of halogens is 3. The molecule has 1 aromatic heterocycles.